The highest BCUT2D eigenvalue weighted by atomic mass is 32.2. The molecule has 0 spiro atoms. The third-order valence-electron chi connectivity index (χ3n) is 6.72. The molecule has 1 N–H and O–H groups in total. The molecule has 0 aliphatic carbocycles. The van der Waals surface area contributed by atoms with E-state index in [9.17, 15) is 13.2 Å². The first-order chi connectivity index (χ1) is 16.4. The van der Waals surface area contributed by atoms with E-state index in [-0.39, 0.29) is 30.0 Å². The van der Waals surface area contributed by atoms with Crippen LogP contribution < -0.4 is 10.2 Å². The molecule has 2 saturated heterocycles. The second-order valence-electron chi connectivity index (χ2n) is 9.37. The minimum Gasteiger partial charge on any atom is -0.369 e. The Morgan fingerprint density at radius 3 is 2.35 bits per heavy atom. The van der Waals surface area contributed by atoms with E-state index >= 15 is 0 Å². The fraction of sp³-hybridized carbons (Fsp3) is 0.500. The third-order valence-corrected chi connectivity index (χ3v) is 8.47. The number of anilines is 2. The standard InChI is InChI=1S/C26H36N4O3S/c1-2-13-30(25-12-18-34(32,33)21-25)20-26(31)27-23-8-10-24(11-9-23)29-16-14-28(15-17-29)19-22-6-4-3-5-7-22/h3-11,25H,2,12-21H2,1H3,(H,27,31). The summed E-state index contributed by atoms with van der Waals surface area (Å²) in [5.74, 6) is 0.287. The topological polar surface area (TPSA) is 73.0 Å². The van der Waals surface area contributed by atoms with Crippen LogP contribution in [-0.4, -0.2) is 80.9 Å². The minimum absolute atomic E-state index is 0.0568. The third kappa shape index (κ3) is 6.81. The van der Waals surface area contributed by atoms with E-state index < -0.39 is 9.84 Å². The summed E-state index contributed by atoms with van der Waals surface area (Å²) in [6.07, 6.45) is 1.50. The van der Waals surface area contributed by atoms with Crippen molar-refractivity contribution in [2.45, 2.75) is 32.4 Å². The average molecular weight is 485 g/mol. The first-order valence-corrected chi connectivity index (χ1v) is 14.1. The molecule has 1 atom stereocenters. The van der Waals surface area contributed by atoms with Gasteiger partial charge in [-0.1, -0.05) is 37.3 Å². The van der Waals surface area contributed by atoms with Crippen molar-refractivity contribution in [3.05, 3.63) is 60.2 Å². The van der Waals surface area contributed by atoms with E-state index in [1.165, 1.54) is 11.3 Å². The van der Waals surface area contributed by atoms with Crippen molar-refractivity contribution in [2.24, 2.45) is 0 Å². The Morgan fingerprint density at radius 1 is 1.03 bits per heavy atom. The molecule has 2 aliphatic heterocycles. The Morgan fingerprint density at radius 2 is 1.74 bits per heavy atom. The number of rotatable bonds is 9. The predicted octanol–water partition coefficient (Wildman–Crippen LogP) is 2.85. The highest BCUT2D eigenvalue weighted by molar-refractivity contribution is 7.91. The number of nitrogens with one attached hydrogen (secondary N) is 1. The molecule has 1 unspecified atom stereocenters. The van der Waals surface area contributed by atoms with Gasteiger partial charge in [-0.15, -0.1) is 0 Å². The summed E-state index contributed by atoms with van der Waals surface area (Å²) < 4.78 is 23.7. The molecule has 2 aliphatic rings. The first kappa shape index (κ1) is 24.7. The fourth-order valence-electron chi connectivity index (χ4n) is 4.89. The number of amides is 1. The summed E-state index contributed by atoms with van der Waals surface area (Å²) in [5, 5.41) is 2.98. The van der Waals surface area contributed by atoms with Gasteiger partial charge in [0.05, 0.1) is 18.1 Å². The van der Waals surface area contributed by atoms with Gasteiger partial charge in [-0.2, -0.15) is 0 Å². The minimum atomic E-state index is -2.97. The van der Waals surface area contributed by atoms with Gasteiger partial charge in [-0.05, 0) is 49.2 Å². The SMILES string of the molecule is CCCN(CC(=O)Nc1ccc(N2CCN(Cc3ccccc3)CC2)cc1)C1CCS(=O)(=O)C1. The lowest BCUT2D eigenvalue weighted by Gasteiger charge is -2.36. The molecule has 1 amide bonds. The first-order valence-electron chi connectivity index (χ1n) is 12.3. The van der Waals surface area contributed by atoms with Crippen LogP contribution >= 0.6 is 0 Å². The number of carbonyl (C=O) groups is 1. The Labute approximate surface area is 203 Å². The van der Waals surface area contributed by atoms with Gasteiger partial charge in [0, 0.05) is 50.1 Å². The maximum atomic E-state index is 12.7. The Hall–Kier alpha value is -2.42. The number of nitrogens with zero attached hydrogens (tertiary/aromatic N) is 3. The van der Waals surface area contributed by atoms with Gasteiger partial charge in [0.2, 0.25) is 5.91 Å². The molecule has 0 bridgehead atoms. The highest BCUT2D eigenvalue weighted by Gasteiger charge is 2.32. The zero-order valence-corrected chi connectivity index (χ0v) is 20.8. The van der Waals surface area contributed by atoms with Gasteiger partial charge in [0.1, 0.15) is 0 Å². The molecule has 7 nitrogen and oxygen atoms in total. The molecule has 2 aromatic carbocycles. The smallest absolute Gasteiger partial charge is 0.238 e. The molecular weight excluding hydrogens is 448 g/mol. The van der Waals surface area contributed by atoms with Gasteiger partial charge in [0.25, 0.3) is 0 Å². The molecule has 4 rings (SSSR count). The number of benzene rings is 2. The zero-order chi connectivity index (χ0) is 24.0. The van der Waals surface area contributed by atoms with E-state index in [1.54, 1.807) is 0 Å². The second kappa shape index (κ2) is 11.3. The van der Waals surface area contributed by atoms with Crippen LogP contribution in [0.1, 0.15) is 25.3 Å². The molecule has 2 fully saturated rings. The Balaban J connectivity index is 1.26. The summed E-state index contributed by atoms with van der Waals surface area (Å²) in [6.45, 7) is 8.00. The average Bonchev–Trinajstić information content (AvgIpc) is 3.20. The molecule has 0 saturated carbocycles. The fourth-order valence-corrected chi connectivity index (χ4v) is 6.65. The van der Waals surface area contributed by atoms with Gasteiger partial charge < -0.3 is 10.2 Å². The van der Waals surface area contributed by atoms with Crippen LogP contribution in [-0.2, 0) is 21.2 Å². The van der Waals surface area contributed by atoms with E-state index in [0.29, 0.717) is 6.42 Å². The van der Waals surface area contributed by atoms with E-state index in [4.69, 9.17) is 0 Å². The molecular formula is C26H36N4O3S. The molecule has 0 aromatic heterocycles. The maximum Gasteiger partial charge on any atom is 0.238 e. The van der Waals surface area contributed by atoms with Crippen molar-refractivity contribution in [3.63, 3.8) is 0 Å². The van der Waals surface area contributed by atoms with Crippen LogP contribution in [0.4, 0.5) is 11.4 Å². The van der Waals surface area contributed by atoms with Crippen molar-refractivity contribution in [3.8, 4) is 0 Å². The Kier molecular flexibility index (Phi) is 8.24. The number of carbonyl (C=O) groups excluding carboxylic acids is 1. The van der Waals surface area contributed by atoms with Crippen molar-refractivity contribution in [1.29, 1.82) is 0 Å². The summed E-state index contributed by atoms with van der Waals surface area (Å²) in [7, 11) is -2.97. The predicted molar refractivity (Wildman–Crippen MR) is 138 cm³/mol. The lowest BCUT2D eigenvalue weighted by atomic mass is 10.2. The second-order valence-corrected chi connectivity index (χ2v) is 11.6. The van der Waals surface area contributed by atoms with Crippen LogP contribution in [0.25, 0.3) is 0 Å². The van der Waals surface area contributed by atoms with Crippen molar-refractivity contribution < 1.29 is 13.2 Å². The normalized spacial score (nSPS) is 20.5. The van der Waals surface area contributed by atoms with Crippen molar-refractivity contribution in [2.75, 3.05) is 61.0 Å². The molecule has 2 heterocycles. The van der Waals surface area contributed by atoms with E-state index in [1.807, 2.05) is 17.0 Å². The quantitative estimate of drug-likeness (QED) is 0.590. The molecule has 8 heteroatoms. The zero-order valence-electron chi connectivity index (χ0n) is 20.0. The van der Waals surface area contributed by atoms with Gasteiger partial charge in [-0.25, -0.2) is 8.42 Å². The van der Waals surface area contributed by atoms with Gasteiger partial charge >= 0.3 is 0 Å². The lowest BCUT2D eigenvalue weighted by molar-refractivity contribution is -0.117. The van der Waals surface area contributed by atoms with Crippen LogP contribution in [0.15, 0.2) is 54.6 Å². The summed E-state index contributed by atoms with van der Waals surface area (Å²) in [5.41, 5.74) is 3.29. The summed E-state index contributed by atoms with van der Waals surface area (Å²) >= 11 is 0. The Bertz CT molecular complexity index is 1040. The molecule has 184 valence electrons. The van der Waals surface area contributed by atoms with Crippen molar-refractivity contribution in [1.82, 2.24) is 9.80 Å². The van der Waals surface area contributed by atoms with E-state index in [0.717, 1.165) is 51.4 Å². The number of piperazine rings is 1. The van der Waals surface area contributed by atoms with Crippen LogP contribution in [0.5, 0.6) is 0 Å². The van der Waals surface area contributed by atoms with E-state index in [2.05, 4.69) is 64.5 Å². The molecule has 0 radical (unpaired) electrons. The molecule has 34 heavy (non-hydrogen) atoms. The lowest BCUT2D eigenvalue weighted by Crippen LogP contribution is -2.45. The number of hydrogen-bond donors (Lipinski definition) is 1. The highest BCUT2D eigenvalue weighted by Crippen LogP contribution is 2.21. The number of sulfone groups is 1. The summed E-state index contributed by atoms with van der Waals surface area (Å²) in [4.78, 5) is 19.6. The molecule has 2 aromatic rings. The van der Waals surface area contributed by atoms with Crippen LogP contribution in [0, 0.1) is 0 Å². The summed E-state index contributed by atoms with van der Waals surface area (Å²) in [6, 6.07) is 18.6. The van der Waals surface area contributed by atoms with Crippen LogP contribution in [0.3, 0.4) is 0 Å². The number of hydrogen-bond acceptors (Lipinski definition) is 6. The van der Waals surface area contributed by atoms with Gasteiger partial charge in [-0.3, -0.25) is 14.6 Å². The maximum absolute atomic E-state index is 12.7. The monoisotopic (exact) mass is 484 g/mol. The largest absolute Gasteiger partial charge is 0.369 e. The van der Waals surface area contributed by atoms with Crippen molar-refractivity contribution >= 4 is 27.1 Å². The van der Waals surface area contributed by atoms with Crippen LogP contribution in [0.2, 0.25) is 0 Å². The van der Waals surface area contributed by atoms with Gasteiger partial charge in [0.15, 0.2) is 9.84 Å².